The number of benzene rings is 1. The first-order valence-electron chi connectivity index (χ1n) is 6.20. The Morgan fingerprint density at radius 2 is 2.33 bits per heavy atom. The highest BCUT2D eigenvalue weighted by Crippen LogP contribution is 2.28. The van der Waals surface area contributed by atoms with Gasteiger partial charge in [0.2, 0.25) is 0 Å². The number of anilines is 1. The van der Waals surface area contributed by atoms with E-state index in [4.69, 9.17) is 10.4 Å². The van der Waals surface area contributed by atoms with Crippen molar-refractivity contribution in [2.24, 2.45) is 0 Å². The molecule has 0 fully saturated rings. The standard InChI is InChI=1S/C14H16N2O2/c15-7-1-2-8-16-9-3-4-11-10-12(14(17)18)5-6-13(11)16/h5-6,10H,1-4,8-9H2,(H,17,18). The van der Waals surface area contributed by atoms with Crippen molar-refractivity contribution in [3.05, 3.63) is 29.3 Å². The molecule has 2 rings (SSSR count). The average Bonchev–Trinajstić information content (AvgIpc) is 2.38. The van der Waals surface area contributed by atoms with E-state index in [1.807, 2.05) is 6.07 Å². The van der Waals surface area contributed by atoms with Crippen molar-refractivity contribution in [2.75, 3.05) is 18.0 Å². The van der Waals surface area contributed by atoms with Crippen LogP contribution in [0.2, 0.25) is 0 Å². The Morgan fingerprint density at radius 3 is 3.06 bits per heavy atom. The van der Waals surface area contributed by atoms with Crippen LogP contribution in [0.3, 0.4) is 0 Å². The zero-order chi connectivity index (χ0) is 13.0. The molecule has 1 aromatic carbocycles. The third kappa shape index (κ3) is 2.62. The Morgan fingerprint density at radius 1 is 1.50 bits per heavy atom. The number of carbonyl (C=O) groups is 1. The number of aryl methyl sites for hydroxylation is 1. The molecule has 1 aromatic rings. The highest BCUT2D eigenvalue weighted by molar-refractivity contribution is 5.88. The van der Waals surface area contributed by atoms with Gasteiger partial charge in [0.15, 0.2) is 0 Å². The lowest BCUT2D eigenvalue weighted by Crippen LogP contribution is -2.30. The van der Waals surface area contributed by atoms with Crippen LogP contribution in [0.1, 0.15) is 35.2 Å². The molecule has 0 amide bonds. The predicted octanol–water partition coefficient (Wildman–Crippen LogP) is 2.44. The summed E-state index contributed by atoms with van der Waals surface area (Å²) in [5.41, 5.74) is 2.59. The summed E-state index contributed by atoms with van der Waals surface area (Å²) in [5.74, 6) is -0.876. The Hall–Kier alpha value is -2.02. The Balaban J connectivity index is 2.17. The highest BCUT2D eigenvalue weighted by Gasteiger charge is 2.17. The topological polar surface area (TPSA) is 64.3 Å². The van der Waals surface area contributed by atoms with Gasteiger partial charge in [0.1, 0.15) is 0 Å². The second kappa shape index (κ2) is 5.54. The molecule has 18 heavy (non-hydrogen) atoms. The minimum absolute atomic E-state index is 0.354. The van der Waals surface area contributed by atoms with Gasteiger partial charge in [-0.05, 0) is 43.0 Å². The molecule has 0 radical (unpaired) electrons. The van der Waals surface area contributed by atoms with E-state index in [0.29, 0.717) is 12.0 Å². The van der Waals surface area contributed by atoms with Gasteiger partial charge in [-0.3, -0.25) is 0 Å². The van der Waals surface area contributed by atoms with E-state index in [-0.39, 0.29) is 0 Å². The molecule has 0 saturated heterocycles. The van der Waals surface area contributed by atoms with Crippen molar-refractivity contribution in [3.63, 3.8) is 0 Å². The van der Waals surface area contributed by atoms with Gasteiger partial charge in [0.25, 0.3) is 0 Å². The molecule has 1 aliphatic rings. The molecule has 0 aromatic heterocycles. The summed E-state index contributed by atoms with van der Waals surface area (Å²) in [4.78, 5) is 13.2. The number of unbranched alkanes of at least 4 members (excludes halogenated alkanes) is 1. The zero-order valence-electron chi connectivity index (χ0n) is 10.2. The molecule has 0 atom stereocenters. The lowest BCUT2D eigenvalue weighted by atomic mass is 9.99. The van der Waals surface area contributed by atoms with Crippen LogP contribution >= 0.6 is 0 Å². The van der Waals surface area contributed by atoms with Crippen molar-refractivity contribution in [1.82, 2.24) is 0 Å². The molecule has 0 aliphatic carbocycles. The first kappa shape index (κ1) is 12.4. The van der Waals surface area contributed by atoms with E-state index >= 15 is 0 Å². The summed E-state index contributed by atoms with van der Waals surface area (Å²) >= 11 is 0. The number of carboxylic acids is 1. The van der Waals surface area contributed by atoms with Crippen LogP contribution in [-0.4, -0.2) is 24.2 Å². The van der Waals surface area contributed by atoms with Crippen molar-refractivity contribution in [3.8, 4) is 6.07 Å². The zero-order valence-corrected chi connectivity index (χ0v) is 10.2. The first-order chi connectivity index (χ1) is 8.72. The van der Waals surface area contributed by atoms with Gasteiger partial charge in [0, 0.05) is 25.2 Å². The fourth-order valence-electron chi connectivity index (χ4n) is 2.39. The van der Waals surface area contributed by atoms with Gasteiger partial charge < -0.3 is 10.0 Å². The molecule has 1 heterocycles. The SMILES string of the molecule is N#CCCCN1CCCc2cc(C(=O)O)ccc21. The van der Waals surface area contributed by atoms with Crippen LogP contribution in [-0.2, 0) is 6.42 Å². The van der Waals surface area contributed by atoms with Gasteiger partial charge >= 0.3 is 5.97 Å². The predicted molar refractivity (Wildman–Crippen MR) is 68.8 cm³/mol. The fraction of sp³-hybridized carbons (Fsp3) is 0.429. The molecule has 0 spiro atoms. The highest BCUT2D eigenvalue weighted by atomic mass is 16.4. The summed E-state index contributed by atoms with van der Waals surface area (Å²) in [5, 5.41) is 17.5. The van der Waals surface area contributed by atoms with Crippen LogP contribution < -0.4 is 4.90 Å². The molecular weight excluding hydrogens is 228 g/mol. The molecule has 4 nitrogen and oxygen atoms in total. The van der Waals surface area contributed by atoms with E-state index in [0.717, 1.165) is 43.6 Å². The van der Waals surface area contributed by atoms with Crippen molar-refractivity contribution >= 4 is 11.7 Å². The van der Waals surface area contributed by atoms with Crippen LogP contribution in [0.5, 0.6) is 0 Å². The van der Waals surface area contributed by atoms with Crippen LogP contribution in [0.25, 0.3) is 0 Å². The normalized spacial score (nSPS) is 13.8. The summed E-state index contributed by atoms with van der Waals surface area (Å²) in [7, 11) is 0. The van der Waals surface area contributed by atoms with Gasteiger partial charge in [-0.15, -0.1) is 0 Å². The smallest absolute Gasteiger partial charge is 0.335 e. The number of nitrogens with zero attached hydrogens (tertiary/aromatic N) is 2. The van der Waals surface area contributed by atoms with E-state index in [1.54, 1.807) is 12.1 Å². The van der Waals surface area contributed by atoms with Crippen LogP contribution in [0.4, 0.5) is 5.69 Å². The lowest BCUT2D eigenvalue weighted by Gasteiger charge is -2.31. The van der Waals surface area contributed by atoms with E-state index in [2.05, 4.69) is 11.0 Å². The Bertz CT molecular complexity index is 491. The minimum Gasteiger partial charge on any atom is -0.478 e. The molecule has 1 aliphatic heterocycles. The van der Waals surface area contributed by atoms with Crippen molar-refractivity contribution < 1.29 is 9.90 Å². The number of nitriles is 1. The van der Waals surface area contributed by atoms with Crippen molar-refractivity contribution in [1.29, 1.82) is 5.26 Å². The number of fused-ring (bicyclic) bond motifs is 1. The average molecular weight is 244 g/mol. The Kier molecular flexibility index (Phi) is 3.83. The second-order valence-electron chi connectivity index (χ2n) is 4.50. The van der Waals surface area contributed by atoms with E-state index < -0.39 is 5.97 Å². The van der Waals surface area contributed by atoms with Crippen molar-refractivity contribution in [2.45, 2.75) is 25.7 Å². The number of carboxylic acid groups (broad SMARTS) is 1. The van der Waals surface area contributed by atoms with Gasteiger partial charge in [-0.1, -0.05) is 0 Å². The van der Waals surface area contributed by atoms with Gasteiger partial charge in [-0.2, -0.15) is 5.26 Å². The summed E-state index contributed by atoms with van der Waals surface area (Å²) in [6.45, 7) is 1.86. The Labute approximate surface area is 106 Å². The lowest BCUT2D eigenvalue weighted by molar-refractivity contribution is 0.0697. The monoisotopic (exact) mass is 244 g/mol. The molecule has 94 valence electrons. The van der Waals surface area contributed by atoms with E-state index in [1.165, 1.54) is 0 Å². The fourth-order valence-corrected chi connectivity index (χ4v) is 2.39. The molecule has 1 N–H and O–H groups in total. The summed E-state index contributed by atoms with van der Waals surface area (Å²) in [6.07, 6.45) is 3.41. The van der Waals surface area contributed by atoms with E-state index in [9.17, 15) is 4.79 Å². The molecule has 4 heteroatoms. The summed E-state index contributed by atoms with van der Waals surface area (Å²) in [6, 6.07) is 7.47. The van der Waals surface area contributed by atoms with Gasteiger partial charge in [-0.25, -0.2) is 4.79 Å². The minimum atomic E-state index is -0.876. The molecular formula is C14H16N2O2. The number of hydrogen-bond donors (Lipinski definition) is 1. The maximum absolute atomic E-state index is 10.9. The molecule has 0 saturated carbocycles. The largest absolute Gasteiger partial charge is 0.478 e. The first-order valence-corrected chi connectivity index (χ1v) is 6.20. The molecule has 0 unspecified atom stereocenters. The van der Waals surface area contributed by atoms with Crippen LogP contribution in [0.15, 0.2) is 18.2 Å². The maximum Gasteiger partial charge on any atom is 0.335 e. The number of hydrogen-bond acceptors (Lipinski definition) is 3. The maximum atomic E-state index is 10.9. The third-order valence-electron chi connectivity index (χ3n) is 3.26. The van der Waals surface area contributed by atoms with Gasteiger partial charge in [0.05, 0.1) is 11.6 Å². The number of aromatic carboxylic acids is 1. The third-order valence-corrected chi connectivity index (χ3v) is 3.26. The number of rotatable bonds is 4. The summed E-state index contributed by atoms with van der Waals surface area (Å²) < 4.78 is 0. The quantitative estimate of drug-likeness (QED) is 0.826. The van der Waals surface area contributed by atoms with Crippen LogP contribution in [0, 0.1) is 11.3 Å². The second-order valence-corrected chi connectivity index (χ2v) is 4.50. The molecule has 0 bridgehead atoms.